The van der Waals surface area contributed by atoms with Gasteiger partial charge in [0.25, 0.3) is 5.91 Å². The van der Waals surface area contributed by atoms with Crippen LogP contribution in [0.25, 0.3) is 22.3 Å². The number of para-hydroxylation sites is 1. The summed E-state index contributed by atoms with van der Waals surface area (Å²) in [5.74, 6) is -0.123. The minimum atomic E-state index is -0.123. The number of benzene rings is 2. The number of amides is 1. The fraction of sp³-hybridized carbons (Fsp3) is 0.0870. The zero-order valence-electron chi connectivity index (χ0n) is 15.0. The van der Waals surface area contributed by atoms with E-state index in [4.69, 9.17) is 0 Å². The highest BCUT2D eigenvalue weighted by Gasteiger charge is 2.16. The van der Waals surface area contributed by atoms with Crippen molar-refractivity contribution in [2.45, 2.75) is 13.0 Å². The maximum Gasteiger partial charge on any atom is 0.252 e. The van der Waals surface area contributed by atoms with Crippen LogP contribution in [0.4, 0.5) is 0 Å². The SMILES string of the molecule is C[C@H](NC(=O)c1cc(-c2ccccn2)nc2ccccc12)c1ccccc1. The Hall–Kier alpha value is -3.53. The van der Waals surface area contributed by atoms with Crippen molar-refractivity contribution < 1.29 is 4.79 Å². The van der Waals surface area contributed by atoms with Gasteiger partial charge in [-0.2, -0.15) is 0 Å². The minimum Gasteiger partial charge on any atom is -0.345 e. The summed E-state index contributed by atoms with van der Waals surface area (Å²) in [4.78, 5) is 22.1. The first-order chi connectivity index (χ1) is 13.2. The van der Waals surface area contributed by atoms with E-state index in [1.54, 1.807) is 6.20 Å². The Morgan fingerprint density at radius 1 is 0.889 bits per heavy atom. The molecule has 27 heavy (non-hydrogen) atoms. The normalized spacial score (nSPS) is 11.9. The van der Waals surface area contributed by atoms with Crippen LogP contribution in [0.2, 0.25) is 0 Å². The Bertz CT molecular complexity index is 1080. The smallest absolute Gasteiger partial charge is 0.252 e. The maximum atomic E-state index is 13.1. The summed E-state index contributed by atoms with van der Waals surface area (Å²) >= 11 is 0. The molecule has 132 valence electrons. The molecule has 1 amide bonds. The predicted molar refractivity (Wildman–Crippen MR) is 107 cm³/mol. The molecule has 0 saturated heterocycles. The quantitative estimate of drug-likeness (QED) is 0.574. The van der Waals surface area contributed by atoms with Crippen molar-refractivity contribution in [1.82, 2.24) is 15.3 Å². The van der Waals surface area contributed by atoms with Gasteiger partial charge in [0.15, 0.2) is 0 Å². The third kappa shape index (κ3) is 3.55. The maximum absolute atomic E-state index is 13.1. The van der Waals surface area contributed by atoms with E-state index in [2.05, 4.69) is 15.3 Å². The predicted octanol–water partition coefficient (Wildman–Crippen LogP) is 4.79. The zero-order valence-corrected chi connectivity index (χ0v) is 15.0. The van der Waals surface area contributed by atoms with Gasteiger partial charge in [-0.05, 0) is 36.8 Å². The zero-order chi connectivity index (χ0) is 18.6. The summed E-state index contributed by atoms with van der Waals surface area (Å²) in [6.07, 6.45) is 1.73. The summed E-state index contributed by atoms with van der Waals surface area (Å²) < 4.78 is 0. The lowest BCUT2D eigenvalue weighted by Crippen LogP contribution is -2.27. The van der Waals surface area contributed by atoms with Crippen molar-refractivity contribution in [2.24, 2.45) is 0 Å². The molecule has 0 fully saturated rings. The number of rotatable bonds is 4. The van der Waals surface area contributed by atoms with Gasteiger partial charge in [0.1, 0.15) is 0 Å². The highest BCUT2D eigenvalue weighted by atomic mass is 16.1. The molecule has 2 heterocycles. The fourth-order valence-electron chi connectivity index (χ4n) is 3.11. The summed E-state index contributed by atoms with van der Waals surface area (Å²) in [5.41, 5.74) is 3.87. The molecule has 1 N–H and O–H groups in total. The number of fused-ring (bicyclic) bond motifs is 1. The number of nitrogens with one attached hydrogen (secondary N) is 1. The molecule has 2 aromatic heterocycles. The van der Waals surface area contributed by atoms with Gasteiger partial charge in [-0.1, -0.05) is 54.6 Å². The van der Waals surface area contributed by atoms with Crippen molar-refractivity contribution in [3.05, 3.63) is 96.2 Å². The van der Waals surface area contributed by atoms with Crippen molar-refractivity contribution in [2.75, 3.05) is 0 Å². The van der Waals surface area contributed by atoms with Gasteiger partial charge in [-0.25, -0.2) is 4.98 Å². The van der Waals surface area contributed by atoms with Gasteiger partial charge < -0.3 is 5.32 Å². The van der Waals surface area contributed by atoms with E-state index in [1.165, 1.54) is 0 Å². The van der Waals surface area contributed by atoms with E-state index in [0.29, 0.717) is 11.3 Å². The average molecular weight is 353 g/mol. The van der Waals surface area contributed by atoms with Crippen LogP contribution in [-0.2, 0) is 0 Å². The molecule has 0 saturated carbocycles. The minimum absolute atomic E-state index is 0.0936. The largest absolute Gasteiger partial charge is 0.345 e. The van der Waals surface area contributed by atoms with E-state index in [-0.39, 0.29) is 11.9 Å². The summed E-state index contributed by atoms with van der Waals surface area (Å²) in [5, 5.41) is 3.92. The van der Waals surface area contributed by atoms with Crippen molar-refractivity contribution in [1.29, 1.82) is 0 Å². The topological polar surface area (TPSA) is 54.9 Å². The Kier molecular flexibility index (Phi) is 4.62. The van der Waals surface area contributed by atoms with Crippen molar-refractivity contribution >= 4 is 16.8 Å². The van der Waals surface area contributed by atoms with Gasteiger partial charge in [0, 0.05) is 11.6 Å². The van der Waals surface area contributed by atoms with Gasteiger partial charge in [0.2, 0.25) is 0 Å². The molecule has 0 radical (unpaired) electrons. The van der Waals surface area contributed by atoms with E-state index >= 15 is 0 Å². The number of nitrogens with zero attached hydrogens (tertiary/aromatic N) is 2. The lowest BCUT2D eigenvalue weighted by Gasteiger charge is -2.16. The Morgan fingerprint density at radius 3 is 2.41 bits per heavy atom. The molecule has 0 aliphatic heterocycles. The standard InChI is InChI=1S/C23H19N3O/c1-16(17-9-3-2-4-10-17)25-23(27)19-15-22(21-13-7-8-14-24-21)26-20-12-6-5-11-18(19)20/h2-16H,1H3,(H,25,27)/t16-/m0/s1. The monoisotopic (exact) mass is 353 g/mol. The van der Waals surface area contributed by atoms with E-state index in [0.717, 1.165) is 22.2 Å². The molecule has 4 aromatic rings. The summed E-state index contributed by atoms with van der Waals surface area (Å²) in [6.45, 7) is 1.98. The second kappa shape index (κ2) is 7.38. The first kappa shape index (κ1) is 16.9. The van der Waals surface area contributed by atoms with Crippen LogP contribution in [0.3, 0.4) is 0 Å². The van der Waals surface area contributed by atoms with Gasteiger partial charge in [0.05, 0.1) is 28.5 Å². The van der Waals surface area contributed by atoms with E-state index in [1.807, 2.05) is 85.8 Å². The number of carbonyl (C=O) groups excluding carboxylic acids is 1. The molecule has 0 spiro atoms. The molecular formula is C23H19N3O. The van der Waals surface area contributed by atoms with E-state index < -0.39 is 0 Å². The van der Waals surface area contributed by atoms with Crippen molar-refractivity contribution in [3.8, 4) is 11.4 Å². The highest BCUT2D eigenvalue weighted by Crippen LogP contribution is 2.24. The van der Waals surface area contributed by atoms with Crippen LogP contribution >= 0.6 is 0 Å². The third-order valence-corrected chi connectivity index (χ3v) is 4.54. The van der Waals surface area contributed by atoms with Crippen LogP contribution in [0.5, 0.6) is 0 Å². The Morgan fingerprint density at radius 2 is 1.63 bits per heavy atom. The Labute approximate surface area is 157 Å². The van der Waals surface area contributed by atoms with Gasteiger partial charge in [-0.3, -0.25) is 9.78 Å². The molecule has 2 aromatic carbocycles. The van der Waals surface area contributed by atoms with Gasteiger partial charge in [-0.15, -0.1) is 0 Å². The number of carbonyl (C=O) groups is 1. The summed E-state index contributed by atoms with van der Waals surface area (Å²) in [6, 6.07) is 25.0. The second-order valence-electron chi connectivity index (χ2n) is 6.39. The first-order valence-corrected chi connectivity index (χ1v) is 8.89. The molecular weight excluding hydrogens is 334 g/mol. The number of pyridine rings is 2. The van der Waals surface area contributed by atoms with Crippen LogP contribution in [0, 0.1) is 0 Å². The number of hydrogen-bond donors (Lipinski definition) is 1. The van der Waals surface area contributed by atoms with Crippen molar-refractivity contribution in [3.63, 3.8) is 0 Å². The number of aromatic nitrogens is 2. The van der Waals surface area contributed by atoms with Crippen LogP contribution in [-0.4, -0.2) is 15.9 Å². The molecule has 4 heteroatoms. The second-order valence-corrected chi connectivity index (χ2v) is 6.39. The highest BCUT2D eigenvalue weighted by molar-refractivity contribution is 6.07. The Balaban J connectivity index is 1.74. The molecule has 0 unspecified atom stereocenters. The molecule has 4 nitrogen and oxygen atoms in total. The molecule has 4 rings (SSSR count). The van der Waals surface area contributed by atoms with Crippen LogP contribution in [0.15, 0.2) is 85.1 Å². The van der Waals surface area contributed by atoms with E-state index in [9.17, 15) is 4.79 Å². The fourth-order valence-corrected chi connectivity index (χ4v) is 3.11. The average Bonchev–Trinajstić information content (AvgIpc) is 2.74. The molecule has 1 atom stereocenters. The van der Waals surface area contributed by atoms with Crippen LogP contribution < -0.4 is 5.32 Å². The lowest BCUT2D eigenvalue weighted by atomic mass is 10.0. The first-order valence-electron chi connectivity index (χ1n) is 8.89. The summed E-state index contributed by atoms with van der Waals surface area (Å²) in [7, 11) is 0. The number of hydrogen-bond acceptors (Lipinski definition) is 3. The molecule has 0 bridgehead atoms. The third-order valence-electron chi connectivity index (χ3n) is 4.54. The molecule has 0 aliphatic carbocycles. The van der Waals surface area contributed by atoms with Gasteiger partial charge >= 0.3 is 0 Å². The van der Waals surface area contributed by atoms with Crippen LogP contribution in [0.1, 0.15) is 28.9 Å². The lowest BCUT2D eigenvalue weighted by molar-refractivity contribution is 0.0941. The molecule has 0 aliphatic rings.